The Morgan fingerprint density at radius 1 is 0.939 bits per heavy atom. The molecular formula is C25H23FN6O. The summed E-state index contributed by atoms with van der Waals surface area (Å²) >= 11 is 0. The quantitative estimate of drug-likeness (QED) is 0.482. The minimum Gasteiger partial charge on any atom is -0.353 e. The molecular weight excluding hydrogens is 419 g/mol. The predicted octanol–water partition coefficient (Wildman–Crippen LogP) is 3.74. The van der Waals surface area contributed by atoms with Gasteiger partial charge in [-0.15, -0.1) is 0 Å². The van der Waals surface area contributed by atoms with E-state index in [1.54, 1.807) is 29.2 Å². The van der Waals surface area contributed by atoms with Gasteiger partial charge in [0.05, 0.1) is 23.1 Å². The first kappa shape index (κ1) is 20.8. The fraction of sp³-hybridized carbons (Fsp3) is 0.200. The number of anilines is 1. The molecule has 0 radical (unpaired) electrons. The number of hydrogen-bond acceptors (Lipinski definition) is 5. The zero-order valence-electron chi connectivity index (χ0n) is 18.2. The van der Waals surface area contributed by atoms with Crippen molar-refractivity contribution in [3.8, 4) is 17.1 Å². The topological polar surface area (TPSA) is 67.2 Å². The Morgan fingerprint density at radius 3 is 2.39 bits per heavy atom. The molecule has 166 valence electrons. The van der Waals surface area contributed by atoms with E-state index in [2.05, 4.69) is 15.0 Å². The van der Waals surface area contributed by atoms with Crippen LogP contribution in [0.1, 0.15) is 16.1 Å². The average molecular weight is 442 g/mol. The summed E-state index contributed by atoms with van der Waals surface area (Å²) in [4.78, 5) is 26.3. The molecule has 0 unspecified atom stereocenters. The van der Waals surface area contributed by atoms with E-state index in [0.29, 0.717) is 37.6 Å². The van der Waals surface area contributed by atoms with Crippen molar-refractivity contribution in [2.45, 2.75) is 6.92 Å². The standard InChI is InChI=1S/C25H23FN6O/c1-18-22(17-28-32(18)21-9-7-20(26)8-10-21)25(33)31-15-13-30(14-16-31)23-11-12-27-24(29-23)19-5-3-2-4-6-19/h2-12,17H,13-16H2,1H3. The minimum absolute atomic E-state index is 0.0480. The highest BCUT2D eigenvalue weighted by molar-refractivity contribution is 5.95. The monoisotopic (exact) mass is 442 g/mol. The van der Waals surface area contributed by atoms with Gasteiger partial charge >= 0.3 is 0 Å². The van der Waals surface area contributed by atoms with Crippen molar-refractivity contribution < 1.29 is 9.18 Å². The number of halogens is 1. The second-order valence-electron chi connectivity index (χ2n) is 7.92. The van der Waals surface area contributed by atoms with Crippen molar-refractivity contribution in [2.75, 3.05) is 31.1 Å². The summed E-state index contributed by atoms with van der Waals surface area (Å²) in [5.41, 5.74) is 2.98. The molecule has 1 saturated heterocycles. The van der Waals surface area contributed by atoms with Crippen molar-refractivity contribution in [3.05, 3.63) is 90.1 Å². The number of hydrogen-bond donors (Lipinski definition) is 0. The molecule has 8 heteroatoms. The molecule has 5 rings (SSSR count). The van der Waals surface area contributed by atoms with E-state index in [0.717, 1.165) is 22.8 Å². The summed E-state index contributed by atoms with van der Waals surface area (Å²) in [6.07, 6.45) is 3.36. The van der Waals surface area contributed by atoms with Crippen LogP contribution in [0, 0.1) is 12.7 Å². The zero-order valence-corrected chi connectivity index (χ0v) is 18.2. The summed E-state index contributed by atoms with van der Waals surface area (Å²) < 4.78 is 14.9. The highest BCUT2D eigenvalue weighted by Gasteiger charge is 2.26. The van der Waals surface area contributed by atoms with Crippen LogP contribution < -0.4 is 4.90 Å². The first-order chi connectivity index (χ1) is 16.1. The van der Waals surface area contributed by atoms with Gasteiger partial charge in [-0.3, -0.25) is 4.79 Å². The van der Waals surface area contributed by atoms with Crippen LogP contribution in [0.4, 0.5) is 10.2 Å². The number of piperazine rings is 1. The van der Waals surface area contributed by atoms with E-state index in [-0.39, 0.29) is 11.7 Å². The second kappa shape index (κ2) is 8.82. The number of carbonyl (C=O) groups is 1. The zero-order chi connectivity index (χ0) is 22.8. The van der Waals surface area contributed by atoms with Crippen molar-refractivity contribution >= 4 is 11.7 Å². The molecule has 7 nitrogen and oxygen atoms in total. The molecule has 2 aromatic carbocycles. The van der Waals surface area contributed by atoms with E-state index in [1.165, 1.54) is 12.1 Å². The van der Waals surface area contributed by atoms with Gasteiger partial charge in [0, 0.05) is 37.9 Å². The van der Waals surface area contributed by atoms with Gasteiger partial charge in [-0.1, -0.05) is 30.3 Å². The molecule has 0 bridgehead atoms. The van der Waals surface area contributed by atoms with Crippen LogP contribution in [0.2, 0.25) is 0 Å². The number of amides is 1. The molecule has 0 spiro atoms. The molecule has 0 atom stereocenters. The van der Waals surface area contributed by atoms with E-state index in [4.69, 9.17) is 4.98 Å². The van der Waals surface area contributed by atoms with Gasteiger partial charge in [-0.2, -0.15) is 5.10 Å². The number of carbonyl (C=O) groups excluding carboxylic acids is 1. The summed E-state index contributed by atoms with van der Waals surface area (Å²) in [5.74, 6) is 1.19. The van der Waals surface area contributed by atoms with Gasteiger partial charge in [0.1, 0.15) is 11.6 Å². The second-order valence-corrected chi connectivity index (χ2v) is 7.92. The van der Waals surface area contributed by atoms with Gasteiger partial charge in [0.25, 0.3) is 5.91 Å². The highest BCUT2D eigenvalue weighted by atomic mass is 19.1. The van der Waals surface area contributed by atoms with Crippen LogP contribution in [0.15, 0.2) is 73.1 Å². The summed E-state index contributed by atoms with van der Waals surface area (Å²) in [7, 11) is 0. The fourth-order valence-electron chi connectivity index (χ4n) is 4.02. The lowest BCUT2D eigenvalue weighted by Gasteiger charge is -2.35. The Labute approximate surface area is 191 Å². The Kier molecular flexibility index (Phi) is 5.56. The van der Waals surface area contributed by atoms with Gasteiger partial charge in [-0.05, 0) is 37.3 Å². The maximum Gasteiger partial charge on any atom is 0.257 e. The molecule has 1 aliphatic heterocycles. The van der Waals surface area contributed by atoms with Crippen molar-refractivity contribution in [1.82, 2.24) is 24.6 Å². The molecule has 0 saturated carbocycles. The van der Waals surface area contributed by atoms with E-state index < -0.39 is 0 Å². The lowest BCUT2D eigenvalue weighted by atomic mass is 10.2. The Balaban J connectivity index is 1.27. The van der Waals surface area contributed by atoms with Crippen LogP contribution in [0.5, 0.6) is 0 Å². The highest BCUT2D eigenvalue weighted by Crippen LogP contribution is 2.21. The number of rotatable bonds is 4. The molecule has 1 amide bonds. The Bertz CT molecular complexity index is 1260. The molecule has 0 aliphatic carbocycles. The smallest absolute Gasteiger partial charge is 0.257 e. The molecule has 1 aliphatic rings. The van der Waals surface area contributed by atoms with E-state index in [9.17, 15) is 9.18 Å². The van der Waals surface area contributed by atoms with Crippen molar-refractivity contribution in [3.63, 3.8) is 0 Å². The Morgan fingerprint density at radius 2 is 1.67 bits per heavy atom. The van der Waals surface area contributed by atoms with Gasteiger partial charge < -0.3 is 9.80 Å². The number of benzene rings is 2. The van der Waals surface area contributed by atoms with Crippen LogP contribution in [-0.2, 0) is 0 Å². The first-order valence-electron chi connectivity index (χ1n) is 10.8. The fourth-order valence-corrected chi connectivity index (χ4v) is 4.02. The van der Waals surface area contributed by atoms with Crippen LogP contribution >= 0.6 is 0 Å². The van der Waals surface area contributed by atoms with Gasteiger partial charge in [0.15, 0.2) is 5.82 Å². The lowest BCUT2D eigenvalue weighted by Crippen LogP contribution is -2.49. The van der Waals surface area contributed by atoms with Crippen molar-refractivity contribution in [2.24, 2.45) is 0 Å². The lowest BCUT2D eigenvalue weighted by molar-refractivity contribution is 0.0745. The third-order valence-corrected chi connectivity index (χ3v) is 5.88. The maximum atomic E-state index is 13.2. The molecule has 1 fully saturated rings. The van der Waals surface area contributed by atoms with E-state index in [1.807, 2.05) is 48.2 Å². The normalized spacial score (nSPS) is 13.9. The average Bonchev–Trinajstić information content (AvgIpc) is 3.26. The summed E-state index contributed by atoms with van der Waals surface area (Å²) in [6.45, 7) is 4.39. The SMILES string of the molecule is Cc1c(C(=O)N2CCN(c3ccnc(-c4ccccc4)n3)CC2)cnn1-c1ccc(F)cc1. The first-order valence-corrected chi connectivity index (χ1v) is 10.8. The molecule has 3 heterocycles. The minimum atomic E-state index is -0.308. The number of aromatic nitrogens is 4. The van der Waals surface area contributed by atoms with Crippen LogP contribution in [-0.4, -0.2) is 56.7 Å². The number of nitrogens with zero attached hydrogens (tertiary/aromatic N) is 6. The molecule has 33 heavy (non-hydrogen) atoms. The van der Waals surface area contributed by atoms with Crippen LogP contribution in [0.25, 0.3) is 17.1 Å². The third-order valence-electron chi connectivity index (χ3n) is 5.88. The van der Waals surface area contributed by atoms with Crippen LogP contribution in [0.3, 0.4) is 0 Å². The van der Waals surface area contributed by atoms with E-state index >= 15 is 0 Å². The molecule has 0 N–H and O–H groups in total. The Hall–Kier alpha value is -4.07. The largest absolute Gasteiger partial charge is 0.353 e. The van der Waals surface area contributed by atoms with Gasteiger partial charge in [-0.25, -0.2) is 19.0 Å². The summed E-state index contributed by atoms with van der Waals surface area (Å²) in [5, 5.41) is 4.35. The third kappa shape index (κ3) is 4.19. The predicted molar refractivity (Wildman–Crippen MR) is 124 cm³/mol. The van der Waals surface area contributed by atoms with Crippen molar-refractivity contribution in [1.29, 1.82) is 0 Å². The molecule has 4 aromatic rings. The maximum absolute atomic E-state index is 13.2. The molecule has 2 aromatic heterocycles. The van der Waals surface area contributed by atoms with Gasteiger partial charge in [0.2, 0.25) is 0 Å². The summed E-state index contributed by atoms with van der Waals surface area (Å²) in [6, 6.07) is 17.8.